The highest BCUT2D eigenvalue weighted by molar-refractivity contribution is 9.10. The lowest BCUT2D eigenvalue weighted by molar-refractivity contribution is -0.274. The van der Waals surface area contributed by atoms with Gasteiger partial charge in [0.05, 0.1) is 11.6 Å². The first kappa shape index (κ1) is 15.6. The van der Waals surface area contributed by atoms with Crippen LogP contribution in [0.25, 0.3) is 0 Å². The second kappa shape index (κ2) is 6.14. The van der Waals surface area contributed by atoms with Crippen LogP contribution in [0.15, 0.2) is 22.7 Å². The Morgan fingerprint density at radius 3 is 2.53 bits per heavy atom. The minimum Gasteiger partial charge on any atom is -0.467 e. The van der Waals surface area contributed by atoms with Crippen molar-refractivity contribution in [1.29, 1.82) is 0 Å². The molecule has 0 spiro atoms. The maximum atomic E-state index is 12.1. The van der Waals surface area contributed by atoms with Crippen molar-refractivity contribution in [2.45, 2.75) is 19.3 Å². The number of hydrogen-bond donors (Lipinski definition) is 1. The van der Waals surface area contributed by atoms with Gasteiger partial charge >= 0.3 is 12.3 Å². The van der Waals surface area contributed by atoms with Gasteiger partial charge in [-0.15, -0.1) is 13.2 Å². The molecule has 0 aliphatic heterocycles. The summed E-state index contributed by atoms with van der Waals surface area (Å²) in [5, 5.41) is 2.78. The van der Waals surface area contributed by atoms with Crippen LogP contribution >= 0.6 is 15.9 Å². The number of esters is 1. The Morgan fingerprint density at radius 2 is 2.05 bits per heavy atom. The van der Waals surface area contributed by atoms with Crippen LogP contribution < -0.4 is 10.1 Å². The molecule has 0 saturated heterocycles. The fourth-order valence-electron chi connectivity index (χ4n) is 1.28. The zero-order chi connectivity index (χ0) is 14.6. The summed E-state index contributed by atoms with van der Waals surface area (Å²) in [4.78, 5) is 11.2. The molecule has 0 aromatic heterocycles. The Balaban J connectivity index is 2.80. The van der Waals surface area contributed by atoms with Crippen LogP contribution in [0.1, 0.15) is 6.92 Å². The SMILES string of the molecule is COC(=O)C(C)Nc1ccc(OC(F)(F)F)c(Br)c1. The van der Waals surface area contributed by atoms with E-state index in [0.29, 0.717) is 5.69 Å². The summed E-state index contributed by atoms with van der Waals surface area (Å²) in [6.45, 7) is 1.57. The minimum atomic E-state index is -4.75. The first-order chi connectivity index (χ1) is 8.73. The third-order valence-electron chi connectivity index (χ3n) is 2.10. The van der Waals surface area contributed by atoms with Crippen molar-refractivity contribution in [2.24, 2.45) is 0 Å². The highest BCUT2D eigenvalue weighted by atomic mass is 79.9. The first-order valence-electron chi connectivity index (χ1n) is 5.12. The van der Waals surface area contributed by atoms with Gasteiger partial charge in [-0.2, -0.15) is 0 Å². The maximum Gasteiger partial charge on any atom is 0.573 e. The summed E-state index contributed by atoms with van der Waals surface area (Å²) < 4.78 is 44.6. The lowest BCUT2D eigenvalue weighted by Gasteiger charge is -2.15. The molecule has 0 aliphatic rings. The quantitative estimate of drug-likeness (QED) is 0.853. The molecule has 0 saturated carbocycles. The molecule has 1 aromatic rings. The Bertz CT molecular complexity index is 465. The minimum absolute atomic E-state index is 0.117. The molecule has 0 bridgehead atoms. The molecular formula is C11H11BrF3NO3. The highest BCUT2D eigenvalue weighted by Gasteiger charge is 2.32. The van der Waals surface area contributed by atoms with E-state index in [0.717, 1.165) is 6.07 Å². The number of alkyl halides is 3. The average Bonchev–Trinajstić information content (AvgIpc) is 2.30. The average molecular weight is 342 g/mol. The molecule has 1 rings (SSSR count). The van der Waals surface area contributed by atoms with E-state index in [1.54, 1.807) is 6.92 Å². The van der Waals surface area contributed by atoms with Crippen molar-refractivity contribution in [1.82, 2.24) is 0 Å². The number of ether oxygens (including phenoxy) is 2. The molecule has 1 N–H and O–H groups in total. The Labute approximate surface area is 116 Å². The van der Waals surface area contributed by atoms with Gasteiger partial charge in [-0.1, -0.05) is 0 Å². The molecule has 8 heteroatoms. The number of methoxy groups -OCH3 is 1. The van der Waals surface area contributed by atoms with E-state index in [1.807, 2.05) is 0 Å². The monoisotopic (exact) mass is 341 g/mol. The van der Waals surface area contributed by atoms with E-state index in [-0.39, 0.29) is 10.2 Å². The molecule has 0 amide bonds. The van der Waals surface area contributed by atoms with Crippen molar-refractivity contribution in [3.8, 4) is 5.75 Å². The second-order valence-electron chi connectivity index (χ2n) is 3.58. The molecule has 1 aromatic carbocycles. The normalized spacial score (nSPS) is 12.7. The fourth-order valence-corrected chi connectivity index (χ4v) is 1.74. The third-order valence-corrected chi connectivity index (χ3v) is 2.72. The van der Waals surface area contributed by atoms with Gasteiger partial charge in [0.1, 0.15) is 11.8 Å². The number of anilines is 1. The molecule has 0 aliphatic carbocycles. The lowest BCUT2D eigenvalue weighted by atomic mass is 10.2. The van der Waals surface area contributed by atoms with Crippen LogP contribution in [0.5, 0.6) is 5.75 Å². The summed E-state index contributed by atoms with van der Waals surface area (Å²) in [6, 6.07) is 3.27. The summed E-state index contributed by atoms with van der Waals surface area (Å²) in [7, 11) is 1.25. The van der Waals surface area contributed by atoms with Gasteiger partial charge < -0.3 is 14.8 Å². The summed E-state index contributed by atoms with van der Waals surface area (Å²) in [5.41, 5.74) is 0.458. The van der Waals surface area contributed by atoms with Gasteiger partial charge in [-0.05, 0) is 41.1 Å². The number of halogens is 4. The van der Waals surface area contributed by atoms with E-state index in [9.17, 15) is 18.0 Å². The molecule has 106 valence electrons. The highest BCUT2D eigenvalue weighted by Crippen LogP contribution is 2.32. The Hall–Kier alpha value is -1.44. The van der Waals surface area contributed by atoms with Crippen molar-refractivity contribution in [3.05, 3.63) is 22.7 Å². The van der Waals surface area contributed by atoms with E-state index >= 15 is 0 Å². The van der Waals surface area contributed by atoms with E-state index < -0.39 is 18.4 Å². The number of hydrogen-bond acceptors (Lipinski definition) is 4. The molecule has 19 heavy (non-hydrogen) atoms. The zero-order valence-corrected chi connectivity index (χ0v) is 11.6. The second-order valence-corrected chi connectivity index (χ2v) is 4.44. The summed E-state index contributed by atoms with van der Waals surface area (Å²) >= 11 is 2.96. The molecule has 0 heterocycles. The molecule has 1 unspecified atom stereocenters. The summed E-state index contributed by atoms with van der Waals surface area (Å²) in [5.74, 6) is -0.837. The van der Waals surface area contributed by atoms with Gasteiger partial charge in [0, 0.05) is 5.69 Å². The van der Waals surface area contributed by atoms with Crippen LogP contribution in [0.4, 0.5) is 18.9 Å². The van der Waals surface area contributed by atoms with Crippen LogP contribution in [-0.4, -0.2) is 25.5 Å². The first-order valence-corrected chi connectivity index (χ1v) is 5.92. The lowest BCUT2D eigenvalue weighted by Crippen LogP contribution is -2.27. The number of nitrogens with one attached hydrogen (secondary N) is 1. The predicted octanol–water partition coefficient (Wildman–Crippen LogP) is 3.32. The molecule has 0 fully saturated rings. The van der Waals surface area contributed by atoms with Crippen LogP contribution in [0.3, 0.4) is 0 Å². The molecule has 1 atom stereocenters. The molecular weight excluding hydrogens is 331 g/mol. The van der Waals surface area contributed by atoms with Crippen molar-refractivity contribution in [2.75, 3.05) is 12.4 Å². The van der Waals surface area contributed by atoms with Crippen LogP contribution in [0, 0.1) is 0 Å². The van der Waals surface area contributed by atoms with Gasteiger partial charge in [-0.25, -0.2) is 4.79 Å². The number of rotatable bonds is 4. The number of benzene rings is 1. The van der Waals surface area contributed by atoms with Crippen LogP contribution in [-0.2, 0) is 9.53 Å². The van der Waals surface area contributed by atoms with Gasteiger partial charge in [-0.3, -0.25) is 0 Å². The topological polar surface area (TPSA) is 47.6 Å². The number of carbonyl (C=O) groups is 1. The molecule has 4 nitrogen and oxygen atoms in total. The third kappa shape index (κ3) is 4.98. The zero-order valence-electron chi connectivity index (χ0n) is 10.0. The maximum absolute atomic E-state index is 12.1. The Kier molecular flexibility index (Phi) is 5.04. The van der Waals surface area contributed by atoms with E-state index in [1.165, 1.54) is 19.2 Å². The smallest absolute Gasteiger partial charge is 0.467 e. The van der Waals surface area contributed by atoms with Crippen LogP contribution in [0.2, 0.25) is 0 Å². The van der Waals surface area contributed by atoms with Gasteiger partial charge in [0.15, 0.2) is 0 Å². The van der Waals surface area contributed by atoms with E-state index in [2.05, 4.69) is 30.7 Å². The van der Waals surface area contributed by atoms with Crippen molar-refractivity contribution >= 4 is 27.6 Å². The number of carbonyl (C=O) groups excluding carboxylic acids is 1. The van der Waals surface area contributed by atoms with Gasteiger partial charge in [0.25, 0.3) is 0 Å². The predicted molar refractivity (Wildman–Crippen MR) is 65.9 cm³/mol. The molecule has 0 radical (unpaired) electrons. The van der Waals surface area contributed by atoms with E-state index in [4.69, 9.17) is 0 Å². The Morgan fingerprint density at radius 1 is 1.42 bits per heavy atom. The summed E-state index contributed by atoms with van der Waals surface area (Å²) in [6.07, 6.45) is -4.75. The largest absolute Gasteiger partial charge is 0.573 e. The van der Waals surface area contributed by atoms with Crippen molar-refractivity contribution < 1.29 is 27.4 Å². The fraction of sp³-hybridized carbons (Fsp3) is 0.364. The standard InChI is InChI=1S/C11H11BrF3NO3/c1-6(10(17)18-2)16-7-3-4-9(8(12)5-7)19-11(13,14)15/h3-6,16H,1-2H3. The van der Waals surface area contributed by atoms with Gasteiger partial charge in [0.2, 0.25) is 0 Å². The van der Waals surface area contributed by atoms with Crippen molar-refractivity contribution in [3.63, 3.8) is 0 Å².